The molecule has 0 bridgehead atoms. The number of hydrogen-bond donors (Lipinski definition) is 3. The van der Waals surface area contributed by atoms with Crippen LogP contribution in [0.5, 0.6) is 11.5 Å². The first-order chi connectivity index (χ1) is 11.8. The van der Waals surface area contributed by atoms with Gasteiger partial charge in [0.15, 0.2) is 10.8 Å². The molecule has 2 aliphatic heterocycles. The molecule has 3 N–H and O–H groups in total. The molecular weight excluding hydrogens is 376 g/mol. The summed E-state index contributed by atoms with van der Waals surface area (Å²) in [5, 5.41) is 19.7. The number of rotatable bonds is 1. The van der Waals surface area contributed by atoms with Crippen molar-refractivity contribution in [1.29, 1.82) is 0 Å². The van der Waals surface area contributed by atoms with E-state index >= 15 is 0 Å². The minimum Gasteiger partial charge on any atom is -0.506 e. The third-order valence-corrected chi connectivity index (χ3v) is 6.19. The average molecular weight is 395 g/mol. The van der Waals surface area contributed by atoms with E-state index in [9.17, 15) is 5.11 Å². The third-order valence-electron chi connectivity index (χ3n) is 4.70. The van der Waals surface area contributed by atoms with Crippen LogP contribution in [0.15, 0.2) is 29.6 Å². The Labute approximate surface area is 161 Å². The van der Waals surface area contributed by atoms with Crippen molar-refractivity contribution in [1.82, 2.24) is 10.6 Å². The van der Waals surface area contributed by atoms with Crippen molar-refractivity contribution < 1.29 is 9.84 Å². The molecule has 1 aromatic carbocycles. The minimum atomic E-state index is -0.617. The number of aromatic hydroxyl groups is 1. The molecule has 0 radical (unpaired) electrons. The summed E-state index contributed by atoms with van der Waals surface area (Å²) in [6, 6.07) is 7.60. The standard InChI is InChI=1S/C18H19ClN2O2S2/c1-17(2)9-18(21-16(24)20-17)8-11(15-4-3-5-25-15)10-6-12(19)13(22)7-14(10)23-18/h3-7,11,22H,8-9H2,1-2H3,(H2,20,21,24)/t11-,18+/m1/s1. The van der Waals surface area contributed by atoms with Gasteiger partial charge >= 0.3 is 0 Å². The Hall–Kier alpha value is -1.50. The molecule has 4 rings (SSSR count). The van der Waals surface area contributed by atoms with Gasteiger partial charge < -0.3 is 20.5 Å². The lowest BCUT2D eigenvalue weighted by Crippen LogP contribution is -2.69. The second-order valence-electron chi connectivity index (χ2n) is 7.35. The zero-order valence-corrected chi connectivity index (χ0v) is 16.3. The molecule has 0 amide bonds. The highest BCUT2D eigenvalue weighted by Crippen LogP contribution is 2.49. The van der Waals surface area contributed by atoms with E-state index in [2.05, 4.69) is 35.9 Å². The van der Waals surface area contributed by atoms with Gasteiger partial charge in [-0.3, -0.25) is 0 Å². The fourth-order valence-corrected chi connectivity index (χ4v) is 5.37. The van der Waals surface area contributed by atoms with Crippen molar-refractivity contribution in [2.24, 2.45) is 0 Å². The lowest BCUT2D eigenvalue weighted by molar-refractivity contribution is -0.0125. The number of phenolic OH excluding ortho intramolecular Hbond substituents is 1. The number of phenols is 1. The van der Waals surface area contributed by atoms with Crippen molar-refractivity contribution in [2.45, 2.75) is 43.9 Å². The van der Waals surface area contributed by atoms with Gasteiger partial charge in [0.1, 0.15) is 11.5 Å². The minimum absolute atomic E-state index is 0.0261. The zero-order chi connectivity index (χ0) is 17.8. The number of ether oxygens (including phenoxy) is 1. The summed E-state index contributed by atoms with van der Waals surface area (Å²) in [6.45, 7) is 4.22. The van der Waals surface area contributed by atoms with Crippen LogP contribution in [0.4, 0.5) is 0 Å². The van der Waals surface area contributed by atoms with Crippen LogP contribution in [0.25, 0.3) is 0 Å². The second kappa shape index (κ2) is 5.76. The van der Waals surface area contributed by atoms with Crippen molar-refractivity contribution in [2.75, 3.05) is 0 Å². The maximum atomic E-state index is 10.1. The molecule has 2 aromatic rings. The predicted octanol–water partition coefficient (Wildman–Crippen LogP) is 4.36. The monoisotopic (exact) mass is 394 g/mol. The number of nitrogens with one attached hydrogen (secondary N) is 2. The number of benzene rings is 1. The number of thiophene rings is 1. The van der Waals surface area contributed by atoms with Crippen LogP contribution in [0.3, 0.4) is 0 Å². The van der Waals surface area contributed by atoms with Gasteiger partial charge in [-0.05, 0) is 43.6 Å². The topological polar surface area (TPSA) is 53.5 Å². The predicted molar refractivity (Wildman–Crippen MR) is 105 cm³/mol. The Balaban J connectivity index is 1.83. The molecule has 0 aliphatic carbocycles. The fourth-order valence-electron chi connectivity index (χ4n) is 3.89. The maximum absolute atomic E-state index is 10.1. The van der Waals surface area contributed by atoms with E-state index in [4.69, 9.17) is 28.6 Å². The first kappa shape index (κ1) is 16.9. The summed E-state index contributed by atoms with van der Waals surface area (Å²) in [6.07, 6.45) is 1.48. The lowest BCUT2D eigenvalue weighted by Gasteiger charge is -2.50. The summed E-state index contributed by atoms with van der Waals surface area (Å²) in [4.78, 5) is 1.25. The number of halogens is 1. The number of fused-ring (bicyclic) bond motifs is 1. The molecule has 1 saturated heterocycles. The molecular formula is C18H19ClN2O2S2. The van der Waals surface area contributed by atoms with Crippen molar-refractivity contribution in [3.8, 4) is 11.5 Å². The molecule has 7 heteroatoms. The Morgan fingerprint density at radius 1 is 1.36 bits per heavy atom. The Kier molecular flexibility index (Phi) is 3.90. The smallest absolute Gasteiger partial charge is 0.185 e. The van der Waals surface area contributed by atoms with Gasteiger partial charge in [0.25, 0.3) is 0 Å². The Morgan fingerprint density at radius 2 is 2.16 bits per heavy atom. The van der Waals surface area contributed by atoms with Crippen molar-refractivity contribution >= 4 is 40.3 Å². The van der Waals surface area contributed by atoms with Crippen LogP contribution in [0.1, 0.15) is 43.0 Å². The molecule has 1 aromatic heterocycles. The molecule has 1 spiro atoms. The zero-order valence-electron chi connectivity index (χ0n) is 13.9. The molecule has 1 fully saturated rings. The summed E-state index contributed by atoms with van der Waals surface area (Å²) in [5.74, 6) is 0.809. The van der Waals surface area contributed by atoms with Gasteiger partial charge in [0.05, 0.1) is 5.02 Å². The van der Waals surface area contributed by atoms with Gasteiger partial charge in [0, 0.05) is 40.8 Å². The molecule has 2 aliphatic rings. The molecule has 0 unspecified atom stereocenters. The molecule has 2 atom stereocenters. The summed E-state index contributed by atoms with van der Waals surface area (Å²) in [5.41, 5.74) is 0.196. The lowest BCUT2D eigenvalue weighted by atomic mass is 9.79. The highest BCUT2D eigenvalue weighted by molar-refractivity contribution is 7.80. The molecule has 132 valence electrons. The SMILES string of the molecule is CC1(C)C[C@@]2(C[C@@H](c3cccs3)c3cc(Cl)c(O)cc3O2)NC(=S)N1. The van der Waals surface area contributed by atoms with E-state index in [0.717, 1.165) is 18.4 Å². The van der Waals surface area contributed by atoms with Crippen molar-refractivity contribution in [3.05, 3.63) is 45.1 Å². The molecule has 4 nitrogen and oxygen atoms in total. The van der Waals surface area contributed by atoms with Gasteiger partial charge in [-0.1, -0.05) is 17.7 Å². The Bertz CT molecular complexity index is 838. The van der Waals surface area contributed by atoms with Gasteiger partial charge in [-0.15, -0.1) is 11.3 Å². The fraction of sp³-hybridized carbons (Fsp3) is 0.389. The summed E-state index contributed by atoms with van der Waals surface area (Å²) < 4.78 is 6.38. The number of thiocarbonyl (C=S) groups is 1. The largest absolute Gasteiger partial charge is 0.506 e. The van der Waals surface area contributed by atoms with E-state index < -0.39 is 5.72 Å². The van der Waals surface area contributed by atoms with E-state index in [1.807, 2.05) is 12.1 Å². The van der Waals surface area contributed by atoms with Gasteiger partial charge in [0.2, 0.25) is 0 Å². The van der Waals surface area contributed by atoms with Gasteiger partial charge in [-0.25, -0.2) is 0 Å². The quantitative estimate of drug-likeness (QED) is 0.627. The normalized spacial score (nSPS) is 27.2. The first-order valence-electron chi connectivity index (χ1n) is 8.12. The van der Waals surface area contributed by atoms with E-state index in [1.165, 1.54) is 4.88 Å². The van der Waals surface area contributed by atoms with Crippen molar-refractivity contribution in [3.63, 3.8) is 0 Å². The first-order valence-corrected chi connectivity index (χ1v) is 9.79. The summed E-state index contributed by atoms with van der Waals surface area (Å²) >= 11 is 13.3. The Morgan fingerprint density at radius 3 is 2.84 bits per heavy atom. The van der Waals surface area contributed by atoms with E-state index in [1.54, 1.807) is 17.4 Å². The van der Waals surface area contributed by atoms with E-state index in [-0.39, 0.29) is 17.2 Å². The molecule has 25 heavy (non-hydrogen) atoms. The summed E-state index contributed by atoms with van der Waals surface area (Å²) in [7, 11) is 0. The average Bonchev–Trinajstić information content (AvgIpc) is 3.00. The molecule has 3 heterocycles. The van der Waals surface area contributed by atoms with E-state index in [0.29, 0.717) is 15.9 Å². The molecule has 0 saturated carbocycles. The van der Waals surface area contributed by atoms with Crippen LogP contribution in [0, 0.1) is 0 Å². The third kappa shape index (κ3) is 3.07. The highest BCUT2D eigenvalue weighted by atomic mass is 35.5. The van der Waals surface area contributed by atoms with Crippen LogP contribution in [0.2, 0.25) is 5.02 Å². The van der Waals surface area contributed by atoms with Crippen LogP contribution >= 0.6 is 35.2 Å². The highest BCUT2D eigenvalue weighted by Gasteiger charge is 2.49. The van der Waals surface area contributed by atoms with Crippen LogP contribution < -0.4 is 15.4 Å². The van der Waals surface area contributed by atoms with Gasteiger partial charge in [-0.2, -0.15) is 0 Å². The maximum Gasteiger partial charge on any atom is 0.185 e. The second-order valence-corrected chi connectivity index (χ2v) is 9.14. The van der Waals surface area contributed by atoms with Crippen LogP contribution in [-0.4, -0.2) is 21.5 Å². The van der Waals surface area contributed by atoms with Crippen LogP contribution in [-0.2, 0) is 0 Å². The number of hydrogen-bond acceptors (Lipinski definition) is 4.